The lowest BCUT2D eigenvalue weighted by molar-refractivity contribution is -0.124. The number of ketones is 1. The lowest BCUT2D eigenvalue weighted by Crippen LogP contribution is -2.60. The molecule has 1 aliphatic rings. The topological polar surface area (TPSA) is 32.3 Å². The summed E-state index contributed by atoms with van der Waals surface area (Å²) in [7, 11) is 1.93. The third-order valence-corrected chi connectivity index (χ3v) is 4.34. The van der Waals surface area contributed by atoms with Crippen molar-refractivity contribution >= 4 is 28.7 Å². The maximum Gasteiger partial charge on any atom is 0.155 e. The van der Waals surface area contributed by atoms with Crippen LogP contribution in [0.1, 0.15) is 38.7 Å². The van der Waals surface area contributed by atoms with Gasteiger partial charge in [0.25, 0.3) is 0 Å². The molecular weight excluding hydrogens is 268 g/mol. The number of thiocarbonyl (C=S) groups is 1. The first-order valence-electron chi connectivity index (χ1n) is 7.06. The molecule has 0 saturated heterocycles. The van der Waals surface area contributed by atoms with Crippen LogP contribution in [0.2, 0.25) is 0 Å². The monoisotopic (exact) mass is 290 g/mol. The van der Waals surface area contributed by atoms with Crippen LogP contribution >= 0.6 is 12.2 Å². The van der Waals surface area contributed by atoms with E-state index in [9.17, 15) is 4.79 Å². The van der Waals surface area contributed by atoms with Gasteiger partial charge in [0.1, 0.15) is 5.54 Å². The highest BCUT2D eigenvalue weighted by Crippen LogP contribution is 2.41. The Morgan fingerprint density at radius 1 is 1.30 bits per heavy atom. The molecule has 0 aromatic heterocycles. The minimum Gasteiger partial charge on any atom is -0.323 e. The molecule has 1 N–H and O–H groups in total. The van der Waals surface area contributed by atoms with Crippen LogP contribution in [-0.4, -0.2) is 23.4 Å². The quantitative estimate of drug-likeness (QED) is 0.845. The van der Waals surface area contributed by atoms with Crippen molar-refractivity contribution in [2.45, 2.75) is 45.2 Å². The highest BCUT2D eigenvalue weighted by molar-refractivity contribution is 7.80. The molecule has 0 radical (unpaired) electrons. The summed E-state index contributed by atoms with van der Waals surface area (Å²) in [6.45, 7) is 4.42. The first kappa shape index (κ1) is 15.1. The van der Waals surface area contributed by atoms with E-state index in [4.69, 9.17) is 12.2 Å². The van der Waals surface area contributed by atoms with E-state index in [2.05, 4.69) is 34.5 Å². The van der Waals surface area contributed by atoms with Crippen LogP contribution in [0.15, 0.2) is 24.3 Å². The Kier molecular flexibility index (Phi) is 4.55. The molecule has 0 heterocycles. The SMILES string of the molecule is CNCc1ccc(N(C(C)=S)C2(C(C)=O)CCC2)cc1. The average Bonchev–Trinajstić information content (AvgIpc) is 2.34. The van der Waals surface area contributed by atoms with E-state index in [1.165, 1.54) is 5.56 Å². The van der Waals surface area contributed by atoms with Crippen molar-refractivity contribution in [2.75, 3.05) is 11.9 Å². The van der Waals surface area contributed by atoms with Crippen molar-refractivity contribution in [2.24, 2.45) is 0 Å². The van der Waals surface area contributed by atoms with Gasteiger partial charge in [0.05, 0.1) is 4.99 Å². The molecular formula is C16H22N2OS. The second-order valence-corrected chi connectivity index (χ2v) is 6.08. The first-order chi connectivity index (χ1) is 9.51. The Balaban J connectivity index is 2.34. The number of carbonyl (C=O) groups excluding carboxylic acids is 1. The third kappa shape index (κ3) is 2.63. The van der Waals surface area contributed by atoms with Crippen molar-refractivity contribution in [3.05, 3.63) is 29.8 Å². The molecule has 1 saturated carbocycles. The van der Waals surface area contributed by atoms with Crippen LogP contribution in [-0.2, 0) is 11.3 Å². The Hall–Kier alpha value is -1.26. The summed E-state index contributed by atoms with van der Waals surface area (Å²) in [6.07, 6.45) is 2.89. The molecule has 1 aromatic carbocycles. The minimum absolute atomic E-state index is 0.215. The van der Waals surface area contributed by atoms with E-state index in [0.717, 1.165) is 36.5 Å². The number of nitrogens with one attached hydrogen (secondary N) is 1. The Morgan fingerprint density at radius 2 is 1.90 bits per heavy atom. The second-order valence-electron chi connectivity index (χ2n) is 5.49. The zero-order valence-electron chi connectivity index (χ0n) is 12.4. The maximum atomic E-state index is 12.1. The molecule has 1 fully saturated rings. The number of anilines is 1. The number of carbonyl (C=O) groups is 1. The van der Waals surface area contributed by atoms with Crippen molar-refractivity contribution in [1.82, 2.24) is 5.32 Å². The number of rotatable bonds is 5. The van der Waals surface area contributed by atoms with Crippen molar-refractivity contribution in [3.8, 4) is 0 Å². The summed E-state index contributed by atoms with van der Waals surface area (Å²) in [5.41, 5.74) is 1.84. The third-order valence-electron chi connectivity index (χ3n) is 4.15. The fourth-order valence-corrected chi connectivity index (χ4v) is 3.22. The molecule has 4 heteroatoms. The van der Waals surface area contributed by atoms with Gasteiger partial charge in [0, 0.05) is 12.2 Å². The number of hydrogen-bond donors (Lipinski definition) is 1. The Morgan fingerprint density at radius 3 is 2.25 bits per heavy atom. The van der Waals surface area contributed by atoms with Gasteiger partial charge in [-0.3, -0.25) is 4.79 Å². The van der Waals surface area contributed by atoms with E-state index < -0.39 is 5.54 Å². The molecule has 2 rings (SSSR count). The van der Waals surface area contributed by atoms with E-state index in [-0.39, 0.29) is 5.78 Å². The normalized spacial score (nSPS) is 16.4. The molecule has 0 bridgehead atoms. The van der Waals surface area contributed by atoms with Gasteiger partial charge in [-0.2, -0.15) is 0 Å². The highest BCUT2D eigenvalue weighted by Gasteiger charge is 2.47. The van der Waals surface area contributed by atoms with Gasteiger partial charge in [-0.15, -0.1) is 0 Å². The molecule has 3 nitrogen and oxygen atoms in total. The van der Waals surface area contributed by atoms with Crippen LogP contribution < -0.4 is 10.2 Å². The van der Waals surface area contributed by atoms with Crippen LogP contribution in [0.5, 0.6) is 0 Å². The standard InChI is InChI=1S/C16H22N2OS/c1-12(19)16(9-4-10-16)18(13(2)20)15-7-5-14(6-8-15)11-17-3/h5-8,17H,4,9-11H2,1-3H3. The lowest BCUT2D eigenvalue weighted by Gasteiger charge is -2.49. The Labute approximate surface area is 126 Å². The fourth-order valence-electron chi connectivity index (χ4n) is 2.94. The smallest absolute Gasteiger partial charge is 0.155 e. The van der Waals surface area contributed by atoms with E-state index in [1.807, 2.05) is 14.0 Å². The fraction of sp³-hybridized carbons (Fsp3) is 0.500. The summed E-state index contributed by atoms with van der Waals surface area (Å²) < 4.78 is 0. The molecule has 108 valence electrons. The number of Topliss-reactive ketones (excluding diaryl/α,β-unsaturated/α-hetero) is 1. The summed E-state index contributed by atoms with van der Waals surface area (Å²) in [5.74, 6) is 0.215. The van der Waals surface area contributed by atoms with Gasteiger partial charge < -0.3 is 10.2 Å². The molecule has 0 amide bonds. The number of hydrogen-bond acceptors (Lipinski definition) is 3. The van der Waals surface area contributed by atoms with Crippen molar-refractivity contribution < 1.29 is 4.79 Å². The number of nitrogens with zero attached hydrogens (tertiary/aromatic N) is 1. The van der Waals surface area contributed by atoms with Crippen LogP contribution in [0.4, 0.5) is 5.69 Å². The lowest BCUT2D eigenvalue weighted by atomic mass is 9.72. The molecule has 0 aliphatic heterocycles. The van der Waals surface area contributed by atoms with E-state index in [0.29, 0.717) is 0 Å². The summed E-state index contributed by atoms with van der Waals surface area (Å²) in [5, 5.41) is 3.13. The molecule has 0 unspecified atom stereocenters. The van der Waals surface area contributed by atoms with Gasteiger partial charge in [0.15, 0.2) is 5.78 Å². The first-order valence-corrected chi connectivity index (χ1v) is 7.47. The van der Waals surface area contributed by atoms with Gasteiger partial charge in [0.2, 0.25) is 0 Å². The molecule has 0 spiro atoms. The predicted molar refractivity (Wildman–Crippen MR) is 87.2 cm³/mol. The van der Waals surface area contributed by atoms with Crippen LogP contribution in [0, 0.1) is 0 Å². The van der Waals surface area contributed by atoms with Crippen molar-refractivity contribution in [1.29, 1.82) is 0 Å². The molecule has 0 atom stereocenters. The maximum absolute atomic E-state index is 12.1. The molecule has 20 heavy (non-hydrogen) atoms. The number of benzene rings is 1. The second kappa shape index (κ2) is 6.02. The van der Waals surface area contributed by atoms with Gasteiger partial charge >= 0.3 is 0 Å². The zero-order valence-corrected chi connectivity index (χ0v) is 13.2. The van der Waals surface area contributed by atoms with Gasteiger partial charge in [-0.05, 0) is 57.9 Å². The zero-order chi connectivity index (χ0) is 14.8. The van der Waals surface area contributed by atoms with Crippen LogP contribution in [0.3, 0.4) is 0 Å². The average molecular weight is 290 g/mol. The highest BCUT2D eigenvalue weighted by atomic mass is 32.1. The van der Waals surface area contributed by atoms with Crippen molar-refractivity contribution in [3.63, 3.8) is 0 Å². The Bertz CT molecular complexity index is 506. The molecule has 1 aromatic rings. The van der Waals surface area contributed by atoms with Crippen LogP contribution in [0.25, 0.3) is 0 Å². The summed E-state index contributed by atoms with van der Waals surface area (Å²) in [4.78, 5) is 14.9. The molecule has 1 aliphatic carbocycles. The largest absolute Gasteiger partial charge is 0.323 e. The van der Waals surface area contributed by atoms with Gasteiger partial charge in [-0.25, -0.2) is 0 Å². The summed E-state index contributed by atoms with van der Waals surface area (Å²) in [6, 6.07) is 8.30. The summed E-state index contributed by atoms with van der Waals surface area (Å²) >= 11 is 5.41. The van der Waals surface area contributed by atoms with E-state index in [1.54, 1.807) is 6.92 Å². The predicted octanol–water partition coefficient (Wildman–Crippen LogP) is 3.07. The van der Waals surface area contributed by atoms with Gasteiger partial charge in [-0.1, -0.05) is 24.4 Å². The minimum atomic E-state index is -0.406. The van der Waals surface area contributed by atoms with E-state index >= 15 is 0 Å².